The average Bonchev–Trinajstić information content (AvgIpc) is 0.776. The molecule has 24 heteroatoms. The van der Waals surface area contributed by atoms with Gasteiger partial charge in [-0.2, -0.15) is 0 Å². The summed E-state index contributed by atoms with van der Waals surface area (Å²) in [6, 6.07) is 0.387. The third-order valence-electron chi connectivity index (χ3n) is 25.1. The van der Waals surface area contributed by atoms with Gasteiger partial charge < -0.3 is 33.6 Å². The van der Waals surface area contributed by atoms with Crippen LogP contribution < -0.4 is 33.6 Å². The Kier molecular flexibility index (Phi) is 50.1. The molecule has 8 rings (SSSR count). The van der Waals surface area contributed by atoms with Gasteiger partial charge in [0.05, 0.1) is 93.9 Å². The lowest BCUT2D eigenvalue weighted by Crippen LogP contribution is -2.25. The van der Waals surface area contributed by atoms with Crippen molar-refractivity contribution in [3.05, 3.63) is 182 Å². The third kappa shape index (κ3) is 38.2. The maximum absolute atomic E-state index is 5.90. The van der Waals surface area contributed by atoms with Gasteiger partial charge in [0.15, 0.2) is 0 Å². The Morgan fingerprint density at radius 3 is 0.387 bits per heavy atom. The van der Waals surface area contributed by atoms with E-state index in [0.717, 1.165) is 115 Å². The van der Waals surface area contributed by atoms with Gasteiger partial charge in [-0.3, -0.25) is 9.80 Å². The number of aryl methyl sites for hydroxylation is 8. The van der Waals surface area contributed by atoms with Crippen molar-refractivity contribution in [3.8, 4) is 0 Å². The molecule has 10 N–H and O–H groups in total. The summed E-state index contributed by atoms with van der Waals surface area (Å²) >= 11 is 0. The van der Waals surface area contributed by atoms with E-state index in [-0.39, 0.29) is 91.7 Å². The van der Waals surface area contributed by atoms with Crippen LogP contribution in [-0.4, -0.2) is 132 Å². The number of nitrogens with two attached hydrogens (primary N) is 4. The molecule has 0 spiro atoms. The van der Waals surface area contributed by atoms with E-state index in [1.807, 2.05) is 41.8 Å². The van der Waals surface area contributed by atoms with Crippen LogP contribution >= 0.6 is 0 Å². The van der Waals surface area contributed by atoms with Gasteiger partial charge in [-0.25, -0.2) is 79.7 Å². The van der Waals surface area contributed by atoms with Crippen molar-refractivity contribution < 1.29 is 0 Å². The number of hydrogen-bond acceptors (Lipinski definition) is 24. The summed E-state index contributed by atoms with van der Waals surface area (Å²) in [4.78, 5) is 79.4. The van der Waals surface area contributed by atoms with Crippen molar-refractivity contribution in [2.75, 3.05) is 42.3 Å². The summed E-state index contributed by atoms with van der Waals surface area (Å²) in [5.74, 6) is 10.2. The van der Waals surface area contributed by atoms with Gasteiger partial charge in [-0.15, -0.1) is 0 Å². The number of rotatable bonds is 20. The molecule has 0 bridgehead atoms. The van der Waals surface area contributed by atoms with Crippen molar-refractivity contribution in [1.82, 2.24) is 100 Å². The predicted octanol–water partition coefficient (Wildman–Crippen LogP) is 27.5. The standard InChI is InChI=1S/2C16H29N3.2C15H27N3.4C14H25N3/c2*1-10(2)13-11(3)17-15(12(4)19(8)9)18-14(13)16(5,6)7;2*1-9(2)12-10(3)17-14(11(4)16-8)18-13(12)15(5,6)7;4*1-8(2)11-10(4)16-13(9(3)15)17-12(11)14(5,6)7/h2*10,12H,1-9H3;2*9,11,16H,1-8H3;4*8-9H,15H2,1-7H3/t2*12-;2*11-;4*9-/m10101100/s1. The fourth-order valence-electron chi connectivity index (χ4n) is 17.2. The van der Waals surface area contributed by atoms with Gasteiger partial charge in [0.2, 0.25) is 0 Å². The highest BCUT2D eigenvalue weighted by atomic mass is 15.1. The summed E-state index contributed by atoms with van der Waals surface area (Å²) in [7, 11) is 12.1. The van der Waals surface area contributed by atoms with Gasteiger partial charge in [-0.05, 0) is 245 Å². The number of nitrogens with one attached hydrogen (secondary N) is 2. The normalized spacial score (nSPS) is 14.2. The topological polar surface area (TPSA) is 341 Å². The van der Waals surface area contributed by atoms with Crippen molar-refractivity contribution in [2.24, 2.45) is 22.9 Å². The van der Waals surface area contributed by atoms with Crippen molar-refractivity contribution in [3.63, 3.8) is 0 Å². The van der Waals surface area contributed by atoms with Crippen LogP contribution in [0.15, 0.2) is 0 Å². The van der Waals surface area contributed by atoms with E-state index in [2.05, 4.69) is 458 Å². The zero-order chi connectivity index (χ0) is 112. The van der Waals surface area contributed by atoms with E-state index in [0.29, 0.717) is 47.3 Å². The summed E-state index contributed by atoms with van der Waals surface area (Å²) in [5.41, 5.74) is 52.2. The van der Waals surface area contributed by atoms with Crippen LogP contribution in [0.5, 0.6) is 0 Å². The fourth-order valence-corrected chi connectivity index (χ4v) is 17.2. The lowest BCUT2D eigenvalue weighted by atomic mass is 9.84. The second-order valence-electron chi connectivity index (χ2n) is 51.1. The van der Waals surface area contributed by atoms with E-state index < -0.39 is 0 Å². The third-order valence-corrected chi connectivity index (χ3v) is 25.1. The molecule has 0 saturated carbocycles. The molecule has 0 radical (unpaired) electrons. The largest absolute Gasteiger partial charge is 0.322 e. The Bertz CT molecular complexity index is 4790. The molecular weight excluding hydrogens is 1750 g/mol. The van der Waals surface area contributed by atoms with Gasteiger partial charge >= 0.3 is 0 Å². The maximum atomic E-state index is 5.90. The Morgan fingerprint density at radius 2 is 0.289 bits per heavy atom. The van der Waals surface area contributed by atoms with Crippen LogP contribution in [0.4, 0.5) is 0 Å². The average molecular weight is 1970 g/mol. The Hall–Kier alpha value is -7.68. The quantitative estimate of drug-likeness (QED) is 0.0413. The first kappa shape index (κ1) is 132. The minimum atomic E-state index is -0.115. The highest BCUT2D eigenvalue weighted by Crippen LogP contribution is 2.41. The van der Waals surface area contributed by atoms with E-state index in [4.69, 9.17) is 52.8 Å². The van der Waals surface area contributed by atoms with Crippen molar-refractivity contribution in [2.45, 2.75) is 527 Å². The minimum Gasteiger partial charge on any atom is -0.322 e. The predicted molar refractivity (Wildman–Crippen MR) is 606 cm³/mol. The smallest absolute Gasteiger partial charge is 0.145 e. The van der Waals surface area contributed by atoms with Crippen LogP contribution in [0.2, 0.25) is 0 Å². The molecule has 804 valence electrons. The molecule has 0 aromatic carbocycles. The summed E-state index contributed by atoms with van der Waals surface area (Å²) < 4.78 is 0. The lowest BCUT2D eigenvalue weighted by Gasteiger charge is -2.27. The first-order valence-electron chi connectivity index (χ1n) is 52.8. The molecule has 0 amide bonds. The van der Waals surface area contributed by atoms with Gasteiger partial charge in [0.1, 0.15) is 46.6 Å². The van der Waals surface area contributed by atoms with E-state index >= 15 is 0 Å². The van der Waals surface area contributed by atoms with Gasteiger partial charge in [0, 0.05) is 88.9 Å². The molecule has 0 aliphatic rings. The minimum absolute atomic E-state index is 0.0247. The molecular formula is C118H212N24. The second-order valence-corrected chi connectivity index (χ2v) is 51.1. The molecule has 24 nitrogen and oxygen atoms in total. The lowest BCUT2D eigenvalue weighted by molar-refractivity contribution is 0.306. The molecule has 0 unspecified atom stereocenters. The maximum Gasteiger partial charge on any atom is 0.145 e. The van der Waals surface area contributed by atoms with Crippen LogP contribution in [0, 0.1) is 55.4 Å². The molecule has 8 aromatic rings. The molecule has 8 heterocycles. The van der Waals surface area contributed by atoms with Gasteiger partial charge in [0.25, 0.3) is 0 Å². The van der Waals surface area contributed by atoms with Gasteiger partial charge in [-0.1, -0.05) is 277 Å². The number of hydrogen-bond donors (Lipinski definition) is 6. The summed E-state index contributed by atoms with van der Waals surface area (Å²) in [5, 5.41) is 6.42. The monoisotopic (exact) mass is 1970 g/mol. The Labute approximate surface area is 869 Å². The van der Waals surface area contributed by atoms with Crippen LogP contribution in [0.3, 0.4) is 0 Å². The molecule has 142 heavy (non-hydrogen) atoms. The van der Waals surface area contributed by atoms with Crippen LogP contribution in [-0.2, 0) is 43.3 Å². The highest BCUT2D eigenvalue weighted by Gasteiger charge is 2.35. The first-order valence-corrected chi connectivity index (χ1v) is 52.8. The Balaban J connectivity index is 0.000000812. The second kappa shape index (κ2) is 53.8. The molecule has 0 fully saturated rings. The van der Waals surface area contributed by atoms with Crippen molar-refractivity contribution in [1.29, 1.82) is 0 Å². The molecule has 0 saturated heterocycles. The number of nitrogens with zero attached hydrogens (tertiary/aromatic N) is 18. The van der Waals surface area contributed by atoms with Crippen LogP contribution in [0.1, 0.15) is 610 Å². The SMILES string of the molecule is CN[C@@H](C)c1nc(C)c(C(C)C)c(C(C)(C)C)n1.CN[C@H](C)c1nc(C)c(C(C)C)c(C(C)(C)C)n1.Cc1nc([C@@H](C)N(C)C)nc(C(C)(C)C)c1C(C)C.Cc1nc([C@@H](C)N)nc(C(C)(C)C)c1C(C)C.Cc1nc([C@@H](C)N)nc(C(C)(C)C)c1C(C)C.Cc1nc([C@H](C)N(C)C)nc(C(C)(C)C)c1C(C)C.Cc1nc([C@H](C)N)nc(C(C)(C)C)c1C(C)C.Cc1nc([C@H](C)N)nc(C(C)(C)C)c1C(C)C. The van der Waals surface area contributed by atoms with E-state index in [9.17, 15) is 0 Å². The first-order chi connectivity index (χ1) is 64.0. The summed E-state index contributed by atoms with van der Waals surface area (Å²) in [6.45, 7) is 121. The molecule has 0 aliphatic carbocycles. The molecule has 8 atom stereocenters. The van der Waals surface area contributed by atoms with E-state index in [1.165, 1.54) is 67.3 Å². The van der Waals surface area contributed by atoms with Crippen molar-refractivity contribution >= 4 is 0 Å². The van der Waals surface area contributed by atoms with Crippen LogP contribution in [0.25, 0.3) is 0 Å². The molecule has 0 aliphatic heterocycles. The zero-order valence-corrected chi connectivity index (χ0v) is 103. The Morgan fingerprint density at radius 1 is 0.183 bits per heavy atom. The summed E-state index contributed by atoms with van der Waals surface area (Å²) in [6.07, 6.45) is 0. The van der Waals surface area contributed by atoms with E-state index in [1.54, 1.807) is 0 Å². The molecule has 8 aromatic heterocycles. The zero-order valence-electron chi connectivity index (χ0n) is 103. The number of aromatic nitrogens is 16. The highest BCUT2D eigenvalue weighted by molar-refractivity contribution is 5.41. The fraction of sp³-hybridized carbons (Fsp3) is 0.729.